The van der Waals surface area contributed by atoms with Gasteiger partial charge in [-0.25, -0.2) is 9.67 Å². The number of hydrogen-bond donors (Lipinski definition) is 1. The van der Waals surface area contributed by atoms with Crippen LogP contribution in [0.1, 0.15) is 38.5 Å². The summed E-state index contributed by atoms with van der Waals surface area (Å²) in [5.74, 6) is 1.07. The Morgan fingerprint density at radius 3 is 2.50 bits per heavy atom. The molecule has 10 heteroatoms. The van der Waals surface area contributed by atoms with Crippen LogP contribution in [0.2, 0.25) is 5.02 Å². The minimum absolute atomic E-state index is 0.108. The van der Waals surface area contributed by atoms with Gasteiger partial charge < -0.3 is 15.4 Å². The van der Waals surface area contributed by atoms with Crippen LogP contribution in [-0.2, 0) is 16.1 Å². The Kier molecular flexibility index (Phi) is 6.66. The summed E-state index contributed by atoms with van der Waals surface area (Å²) in [7, 11) is 1.57. The van der Waals surface area contributed by atoms with Crippen LogP contribution < -0.4 is 10.5 Å². The molecule has 2 aromatic heterocycles. The third-order valence-corrected chi connectivity index (χ3v) is 7.53. The summed E-state index contributed by atoms with van der Waals surface area (Å²) in [4.78, 5) is 36.4. The quantitative estimate of drug-likeness (QED) is 0.440. The van der Waals surface area contributed by atoms with E-state index < -0.39 is 11.3 Å². The van der Waals surface area contributed by atoms with Gasteiger partial charge in [0, 0.05) is 36.1 Å². The van der Waals surface area contributed by atoms with Gasteiger partial charge in [0.05, 0.1) is 18.7 Å². The number of aromatic nitrogens is 4. The molecule has 0 spiro atoms. The number of carbonyl (C=O) groups is 2. The first-order valence-corrected chi connectivity index (χ1v) is 12.6. The molecule has 0 unspecified atom stereocenters. The molecular formula is C26H29ClN6O3. The topological polar surface area (TPSA) is 116 Å². The van der Waals surface area contributed by atoms with E-state index in [2.05, 4.69) is 4.98 Å². The van der Waals surface area contributed by atoms with Crippen molar-refractivity contribution in [2.24, 2.45) is 11.1 Å². The van der Waals surface area contributed by atoms with E-state index in [1.807, 2.05) is 23.1 Å². The molecule has 2 saturated carbocycles. The van der Waals surface area contributed by atoms with Crippen molar-refractivity contribution >= 4 is 23.4 Å². The lowest BCUT2D eigenvalue weighted by Crippen LogP contribution is -2.48. The number of methoxy groups -OCH3 is 1. The number of benzene rings is 1. The van der Waals surface area contributed by atoms with Gasteiger partial charge in [0.25, 0.3) is 0 Å². The molecule has 3 aromatic rings. The molecule has 5 rings (SSSR count). The van der Waals surface area contributed by atoms with Gasteiger partial charge in [0.2, 0.25) is 11.8 Å². The molecule has 2 N–H and O–H groups in total. The summed E-state index contributed by atoms with van der Waals surface area (Å²) in [6, 6.07) is 9.28. The minimum atomic E-state index is -1.04. The number of nitrogens with zero attached hydrogens (tertiary/aromatic N) is 5. The number of rotatable bonds is 9. The van der Waals surface area contributed by atoms with Crippen molar-refractivity contribution in [3.8, 4) is 28.5 Å². The second-order valence-corrected chi connectivity index (χ2v) is 9.86. The lowest BCUT2D eigenvalue weighted by atomic mass is 10.0. The fourth-order valence-corrected chi connectivity index (χ4v) is 5.23. The maximum atomic E-state index is 13.5. The van der Waals surface area contributed by atoms with E-state index in [4.69, 9.17) is 32.2 Å². The number of primary amides is 1. The summed E-state index contributed by atoms with van der Waals surface area (Å²) in [6.07, 6.45) is 8.44. The largest absolute Gasteiger partial charge is 0.495 e. The molecule has 0 bridgehead atoms. The van der Waals surface area contributed by atoms with Crippen LogP contribution in [0.5, 0.6) is 5.75 Å². The van der Waals surface area contributed by atoms with Gasteiger partial charge in [-0.15, -0.1) is 0 Å². The van der Waals surface area contributed by atoms with Crippen molar-refractivity contribution in [2.75, 3.05) is 13.7 Å². The van der Waals surface area contributed by atoms with E-state index in [0.29, 0.717) is 48.4 Å². The van der Waals surface area contributed by atoms with Gasteiger partial charge in [0.15, 0.2) is 11.6 Å². The molecule has 2 fully saturated rings. The van der Waals surface area contributed by atoms with Gasteiger partial charge >= 0.3 is 0 Å². The van der Waals surface area contributed by atoms with Crippen molar-refractivity contribution in [1.82, 2.24) is 24.6 Å². The third-order valence-electron chi connectivity index (χ3n) is 7.23. The third kappa shape index (κ3) is 4.55. The SMILES string of the molecule is COc1ccc(-c2nc(-c3ccncc3)nn2CCN(C(=O)C2(C(N)=O)CC2)C2CCCC2)cc1Cl. The lowest BCUT2D eigenvalue weighted by molar-refractivity contribution is -0.145. The Balaban J connectivity index is 1.48. The highest BCUT2D eigenvalue weighted by Gasteiger charge is 2.57. The van der Waals surface area contributed by atoms with Crippen LogP contribution in [0.4, 0.5) is 0 Å². The lowest BCUT2D eigenvalue weighted by Gasteiger charge is -2.31. The number of ether oxygens (including phenoxy) is 1. The van der Waals surface area contributed by atoms with Crippen molar-refractivity contribution in [2.45, 2.75) is 51.1 Å². The molecule has 2 aliphatic rings. The fraction of sp³-hybridized carbons (Fsp3) is 0.423. The van der Waals surface area contributed by atoms with Crippen molar-refractivity contribution in [3.63, 3.8) is 0 Å². The molecule has 1 aromatic carbocycles. The molecule has 2 amide bonds. The fourth-order valence-electron chi connectivity index (χ4n) is 4.97. The summed E-state index contributed by atoms with van der Waals surface area (Å²) in [5, 5.41) is 5.24. The van der Waals surface area contributed by atoms with Crippen LogP contribution in [0, 0.1) is 5.41 Å². The number of nitrogens with two attached hydrogens (primary N) is 1. The van der Waals surface area contributed by atoms with Crippen LogP contribution in [-0.4, -0.2) is 56.2 Å². The maximum Gasteiger partial charge on any atom is 0.238 e. The molecule has 0 radical (unpaired) electrons. The normalized spacial score (nSPS) is 16.6. The van der Waals surface area contributed by atoms with Crippen molar-refractivity contribution in [1.29, 1.82) is 0 Å². The number of halogens is 1. The Hall–Kier alpha value is -3.46. The summed E-state index contributed by atoms with van der Waals surface area (Å²) in [6.45, 7) is 0.822. The highest BCUT2D eigenvalue weighted by molar-refractivity contribution is 6.32. The standard InChI is InChI=1S/C26H29ClN6O3/c1-36-21-7-6-18(16-20(21)27)23-30-22(17-8-12-29-13-9-17)31-33(23)15-14-32(19-4-2-3-5-19)25(35)26(10-11-26)24(28)34/h6-9,12-13,16,19H,2-5,10-11,14-15H2,1H3,(H2,28,34). The second-order valence-electron chi connectivity index (χ2n) is 9.45. The molecule has 0 atom stereocenters. The smallest absolute Gasteiger partial charge is 0.238 e. The molecule has 9 nitrogen and oxygen atoms in total. The zero-order valence-electron chi connectivity index (χ0n) is 20.2. The Labute approximate surface area is 214 Å². The molecule has 188 valence electrons. The first-order chi connectivity index (χ1) is 17.4. The highest BCUT2D eigenvalue weighted by Crippen LogP contribution is 2.48. The van der Waals surface area contributed by atoms with E-state index in [0.717, 1.165) is 36.8 Å². The van der Waals surface area contributed by atoms with Gasteiger partial charge in [-0.3, -0.25) is 14.6 Å². The van der Waals surface area contributed by atoms with Crippen LogP contribution in [0.3, 0.4) is 0 Å². The predicted octanol–water partition coefficient (Wildman–Crippen LogP) is 3.71. The highest BCUT2D eigenvalue weighted by atomic mass is 35.5. The molecule has 2 aliphatic carbocycles. The molecule has 0 saturated heterocycles. The Morgan fingerprint density at radius 1 is 1.17 bits per heavy atom. The monoisotopic (exact) mass is 508 g/mol. The summed E-state index contributed by atoms with van der Waals surface area (Å²) in [5.41, 5.74) is 6.21. The van der Waals surface area contributed by atoms with Crippen LogP contribution in [0.25, 0.3) is 22.8 Å². The van der Waals surface area contributed by atoms with E-state index >= 15 is 0 Å². The van der Waals surface area contributed by atoms with E-state index in [1.165, 1.54) is 0 Å². The van der Waals surface area contributed by atoms with Crippen LogP contribution in [0.15, 0.2) is 42.7 Å². The number of hydrogen-bond acceptors (Lipinski definition) is 6. The zero-order chi connectivity index (χ0) is 25.3. The van der Waals surface area contributed by atoms with E-state index in [-0.39, 0.29) is 11.9 Å². The predicted molar refractivity (Wildman–Crippen MR) is 135 cm³/mol. The average molecular weight is 509 g/mol. The van der Waals surface area contributed by atoms with Gasteiger partial charge in [-0.05, 0) is 56.0 Å². The van der Waals surface area contributed by atoms with Gasteiger partial charge in [-0.2, -0.15) is 5.10 Å². The van der Waals surface area contributed by atoms with Gasteiger partial charge in [0.1, 0.15) is 11.2 Å². The van der Waals surface area contributed by atoms with Crippen LogP contribution >= 0.6 is 11.6 Å². The summed E-state index contributed by atoms with van der Waals surface area (Å²) < 4.78 is 7.09. The number of amides is 2. The van der Waals surface area contributed by atoms with Crippen molar-refractivity contribution in [3.05, 3.63) is 47.7 Å². The number of pyridine rings is 1. The Morgan fingerprint density at radius 2 is 1.89 bits per heavy atom. The average Bonchev–Trinajstić information content (AvgIpc) is 3.32. The zero-order valence-corrected chi connectivity index (χ0v) is 20.9. The Bertz CT molecular complexity index is 1270. The van der Waals surface area contributed by atoms with Gasteiger partial charge in [-0.1, -0.05) is 24.4 Å². The second kappa shape index (κ2) is 9.89. The first kappa shape index (κ1) is 24.2. The van der Waals surface area contributed by atoms with E-state index in [1.54, 1.807) is 36.3 Å². The molecule has 36 heavy (non-hydrogen) atoms. The minimum Gasteiger partial charge on any atom is -0.495 e. The summed E-state index contributed by atoms with van der Waals surface area (Å²) >= 11 is 6.41. The number of carbonyl (C=O) groups excluding carboxylic acids is 2. The van der Waals surface area contributed by atoms with E-state index in [9.17, 15) is 9.59 Å². The maximum absolute atomic E-state index is 13.5. The first-order valence-electron chi connectivity index (χ1n) is 12.2. The molecular weight excluding hydrogens is 480 g/mol. The molecule has 0 aliphatic heterocycles. The van der Waals surface area contributed by atoms with Crippen molar-refractivity contribution < 1.29 is 14.3 Å². The molecule has 2 heterocycles.